The number of piperidine rings is 1. The molecule has 33 heavy (non-hydrogen) atoms. The highest BCUT2D eigenvalue weighted by Gasteiger charge is 2.38. The van der Waals surface area contributed by atoms with Gasteiger partial charge >= 0.3 is 0 Å². The summed E-state index contributed by atoms with van der Waals surface area (Å²) in [5.74, 6) is -0.417. The van der Waals surface area contributed by atoms with Gasteiger partial charge in [-0.25, -0.2) is 8.42 Å². The third kappa shape index (κ3) is 4.21. The number of nitrogens with zero attached hydrogens (tertiary/aromatic N) is 4. The highest BCUT2D eigenvalue weighted by molar-refractivity contribution is 7.90. The van der Waals surface area contributed by atoms with Crippen molar-refractivity contribution in [2.24, 2.45) is 0 Å². The molecule has 10 heteroatoms. The van der Waals surface area contributed by atoms with E-state index in [-0.39, 0.29) is 23.4 Å². The summed E-state index contributed by atoms with van der Waals surface area (Å²) in [5.41, 5.74) is 2.20. The molecule has 3 aliphatic heterocycles. The molecular weight excluding hydrogens is 444 g/mol. The topological polar surface area (TPSA) is 94.0 Å². The Morgan fingerprint density at radius 2 is 2.00 bits per heavy atom. The first-order chi connectivity index (χ1) is 16.0. The van der Waals surface area contributed by atoms with Crippen LogP contribution in [0.2, 0.25) is 0 Å². The first-order valence-electron chi connectivity index (χ1n) is 11.5. The zero-order valence-electron chi connectivity index (χ0n) is 18.9. The van der Waals surface area contributed by atoms with E-state index in [2.05, 4.69) is 4.90 Å². The van der Waals surface area contributed by atoms with Gasteiger partial charge < -0.3 is 14.4 Å². The quantitative estimate of drug-likeness (QED) is 0.650. The van der Waals surface area contributed by atoms with Crippen molar-refractivity contribution in [1.82, 2.24) is 19.6 Å². The Morgan fingerprint density at radius 1 is 1.21 bits per heavy atom. The van der Waals surface area contributed by atoms with E-state index in [0.717, 1.165) is 38.2 Å². The Labute approximate surface area is 194 Å². The lowest BCUT2D eigenvalue weighted by molar-refractivity contribution is 0.0297. The summed E-state index contributed by atoms with van der Waals surface area (Å²) in [7, 11) is -1.86. The monoisotopic (exact) mass is 474 g/mol. The van der Waals surface area contributed by atoms with E-state index in [1.807, 2.05) is 16.8 Å². The standard InChI is InChI=1S/C23H30N4O5S/c1-31-12-9-25-8-4-5-17(15-25)27-22-18-6-2-3-7-20(18)33(29,30)16-19(22)21(24-27)23(28)26-10-13-32-14-11-26/h2-3,6-7,17H,4-5,8-16H2,1H3/t17-/m1/s1. The van der Waals surface area contributed by atoms with Gasteiger partial charge in [-0.2, -0.15) is 5.10 Å². The van der Waals surface area contributed by atoms with Crippen LogP contribution < -0.4 is 0 Å². The van der Waals surface area contributed by atoms with Gasteiger partial charge in [-0.3, -0.25) is 14.4 Å². The van der Waals surface area contributed by atoms with Crippen molar-refractivity contribution in [3.8, 4) is 11.3 Å². The normalized spacial score (nSPS) is 22.6. The molecule has 3 aliphatic rings. The number of hydrogen-bond donors (Lipinski definition) is 0. The number of hydrogen-bond acceptors (Lipinski definition) is 7. The van der Waals surface area contributed by atoms with E-state index in [9.17, 15) is 13.2 Å². The third-order valence-corrected chi connectivity index (χ3v) is 8.45. The molecule has 9 nitrogen and oxygen atoms in total. The van der Waals surface area contributed by atoms with Gasteiger partial charge in [0.2, 0.25) is 0 Å². The Hall–Kier alpha value is -2.27. The van der Waals surface area contributed by atoms with Crippen molar-refractivity contribution in [1.29, 1.82) is 0 Å². The minimum absolute atomic E-state index is 0.0597. The van der Waals surface area contributed by atoms with E-state index >= 15 is 0 Å². The average Bonchev–Trinajstić information content (AvgIpc) is 3.22. The lowest BCUT2D eigenvalue weighted by Crippen LogP contribution is -2.41. The second-order valence-corrected chi connectivity index (χ2v) is 10.8. The van der Waals surface area contributed by atoms with Crippen molar-refractivity contribution in [2.75, 3.05) is 59.7 Å². The summed E-state index contributed by atoms with van der Waals surface area (Å²) in [5, 5.41) is 4.83. The fourth-order valence-electron chi connectivity index (χ4n) is 5.10. The number of sulfone groups is 1. The van der Waals surface area contributed by atoms with E-state index in [4.69, 9.17) is 14.6 Å². The van der Waals surface area contributed by atoms with Crippen LogP contribution in [-0.4, -0.2) is 93.6 Å². The Kier molecular flexibility index (Phi) is 6.26. The fourth-order valence-corrected chi connectivity index (χ4v) is 6.69. The summed E-state index contributed by atoms with van der Waals surface area (Å²) in [4.78, 5) is 17.9. The largest absolute Gasteiger partial charge is 0.383 e. The number of morpholine rings is 1. The molecule has 0 radical (unpaired) electrons. The van der Waals surface area contributed by atoms with Crippen LogP contribution in [0.5, 0.6) is 0 Å². The van der Waals surface area contributed by atoms with Crippen molar-refractivity contribution >= 4 is 15.7 Å². The van der Waals surface area contributed by atoms with Gasteiger partial charge in [0.15, 0.2) is 15.5 Å². The summed E-state index contributed by atoms with van der Waals surface area (Å²) >= 11 is 0. The molecule has 5 rings (SSSR count). The van der Waals surface area contributed by atoms with Gasteiger partial charge in [-0.1, -0.05) is 18.2 Å². The lowest BCUT2D eigenvalue weighted by Gasteiger charge is -2.34. The van der Waals surface area contributed by atoms with Gasteiger partial charge in [-0.05, 0) is 25.5 Å². The number of methoxy groups -OCH3 is 1. The predicted molar refractivity (Wildman–Crippen MR) is 122 cm³/mol. The second kappa shape index (κ2) is 9.17. The number of ether oxygens (including phenoxy) is 2. The molecule has 1 atom stereocenters. The first kappa shape index (κ1) is 22.5. The van der Waals surface area contributed by atoms with Crippen LogP contribution >= 0.6 is 0 Å². The van der Waals surface area contributed by atoms with Crippen LogP contribution in [0.4, 0.5) is 0 Å². The zero-order chi connectivity index (χ0) is 23.0. The summed E-state index contributed by atoms with van der Waals surface area (Å²) < 4.78 is 38.9. The molecule has 1 amide bonds. The van der Waals surface area contributed by atoms with Crippen LogP contribution in [0.3, 0.4) is 0 Å². The predicted octanol–water partition coefficient (Wildman–Crippen LogP) is 1.59. The number of aromatic nitrogens is 2. The SMILES string of the molecule is COCCN1CCC[C@@H](n2nc(C(=O)N3CCOCC3)c3c2-c2ccccc2S(=O)(=O)C3)C1. The number of likely N-dealkylation sites (tertiary alicyclic amines) is 1. The van der Waals surface area contributed by atoms with Crippen molar-refractivity contribution in [3.63, 3.8) is 0 Å². The first-order valence-corrected chi connectivity index (χ1v) is 13.2. The molecule has 0 unspecified atom stereocenters. The maximum Gasteiger partial charge on any atom is 0.274 e. The minimum Gasteiger partial charge on any atom is -0.383 e. The van der Waals surface area contributed by atoms with Crippen molar-refractivity contribution < 1.29 is 22.7 Å². The minimum atomic E-state index is -3.56. The van der Waals surface area contributed by atoms with Crippen molar-refractivity contribution in [2.45, 2.75) is 29.5 Å². The van der Waals surface area contributed by atoms with Gasteiger partial charge in [0, 0.05) is 44.4 Å². The molecule has 0 saturated carbocycles. The molecule has 1 aromatic heterocycles. The summed E-state index contributed by atoms with van der Waals surface area (Å²) in [6.45, 7) is 5.20. The molecule has 178 valence electrons. The summed E-state index contributed by atoms with van der Waals surface area (Å²) in [6.07, 6.45) is 1.94. The van der Waals surface area contributed by atoms with Crippen LogP contribution in [0.15, 0.2) is 29.2 Å². The molecule has 1 aromatic carbocycles. The number of fused-ring (bicyclic) bond motifs is 3. The molecule has 0 bridgehead atoms. The van der Waals surface area contributed by atoms with Crippen LogP contribution in [-0.2, 0) is 25.1 Å². The molecule has 0 spiro atoms. The Balaban J connectivity index is 1.60. The lowest BCUT2D eigenvalue weighted by atomic mass is 10.0. The second-order valence-electron chi connectivity index (χ2n) is 8.87. The highest BCUT2D eigenvalue weighted by atomic mass is 32.2. The number of carbonyl (C=O) groups excluding carboxylic acids is 1. The third-order valence-electron chi connectivity index (χ3n) is 6.76. The van der Waals surface area contributed by atoms with Gasteiger partial charge in [0.25, 0.3) is 5.91 Å². The molecule has 2 aromatic rings. The summed E-state index contributed by atoms with van der Waals surface area (Å²) in [6, 6.07) is 7.13. The Bertz CT molecular complexity index is 1140. The van der Waals surface area contributed by atoms with E-state index in [1.54, 1.807) is 24.1 Å². The smallest absolute Gasteiger partial charge is 0.274 e. The molecule has 0 aliphatic carbocycles. The van der Waals surface area contributed by atoms with Gasteiger partial charge in [0.05, 0.1) is 42.2 Å². The molecule has 4 heterocycles. The van der Waals surface area contributed by atoms with Crippen LogP contribution in [0.25, 0.3) is 11.3 Å². The molecule has 2 saturated heterocycles. The Morgan fingerprint density at radius 3 is 2.79 bits per heavy atom. The van der Waals surface area contributed by atoms with Gasteiger partial charge in [-0.15, -0.1) is 0 Å². The fraction of sp³-hybridized carbons (Fsp3) is 0.565. The van der Waals surface area contributed by atoms with E-state index in [0.29, 0.717) is 48.9 Å². The molecule has 0 N–H and O–H groups in total. The highest BCUT2D eigenvalue weighted by Crippen LogP contribution is 2.41. The maximum atomic E-state index is 13.5. The van der Waals surface area contributed by atoms with Crippen molar-refractivity contribution in [3.05, 3.63) is 35.5 Å². The van der Waals surface area contributed by atoms with E-state index in [1.165, 1.54) is 0 Å². The van der Waals surface area contributed by atoms with Gasteiger partial charge in [0.1, 0.15) is 0 Å². The maximum absolute atomic E-state index is 13.5. The number of carbonyl (C=O) groups is 1. The molecular formula is C23H30N4O5S. The number of amides is 1. The number of rotatable bonds is 5. The van der Waals surface area contributed by atoms with Crippen LogP contribution in [0, 0.1) is 0 Å². The molecule has 2 fully saturated rings. The van der Waals surface area contributed by atoms with Crippen LogP contribution in [0.1, 0.15) is 34.9 Å². The van der Waals surface area contributed by atoms with E-state index < -0.39 is 9.84 Å². The zero-order valence-corrected chi connectivity index (χ0v) is 19.7. The average molecular weight is 475 g/mol. The number of benzene rings is 1.